The van der Waals surface area contributed by atoms with Crippen LogP contribution in [0.2, 0.25) is 0 Å². The quantitative estimate of drug-likeness (QED) is 0.635. The molecule has 0 aromatic rings. The average Bonchev–Trinajstić information content (AvgIpc) is 2.21. The minimum absolute atomic E-state index is 0.0521. The summed E-state index contributed by atoms with van der Waals surface area (Å²) < 4.78 is 8.89. The van der Waals surface area contributed by atoms with E-state index >= 15 is 0 Å². The van der Waals surface area contributed by atoms with Gasteiger partial charge in [0.15, 0.2) is 0 Å². The average molecular weight is 217 g/mol. The van der Waals surface area contributed by atoms with Crippen molar-refractivity contribution in [1.29, 1.82) is 0 Å². The monoisotopic (exact) mass is 217 g/mol. The van der Waals surface area contributed by atoms with Crippen LogP contribution in [0.3, 0.4) is 0 Å². The van der Waals surface area contributed by atoms with Gasteiger partial charge in [-0.1, -0.05) is 0 Å². The van der Waals surface area contributed by atoms with E-state index in [1.54, 1.807) is 0 Å². The Labute approximate surface area is 87.9 Å². The highest BCUT2D eigenvalue weighted by atomic mass is 16.5. The van der Waals surface area contributed by atoms with Gasteiger partial charge in [-0.3, -0.25) is 9.59 Å². The number of methoxy groups -OCH3 is 2. The molecule has 0 spiro atoms. The fourth-order valence-electron chi connectivity index (χ4n) is 1.00. The minimum Gasteiger partial charge on any atom is -0.469 e. The maximum Gasteiger partial charge on any atom is 0.328 e. The van der Waals surface area contributed by atoms with E-state index in [2.05, 4.69) is 14.8 Å². The minimum atomic E-state index is -0.799. The van der Waals surface area contributed by atoms with Gasteiger partial charge >= 0.3 is 11.9 Å². The van der Waals surface area contributed by atoms with E-state index in [-0.39, 0.29) is 18.7 Å². The lowest BCUT2D eigenvalue weighted by molar-refractivity contribution is -0.146. The number of amides is 1. The molecule has 0 bridgehead atoms. The highest BCUT2D eigenvalue weighted by Gasteiger charge is 2.21. The number of esters is 2. The Kier molecular flexibility index (Phi) is 6.08. The van der Waals surface area contributed by atoms with Crippen molar-refractivity contribution in [3.63, 3.8) is 0 Å². The Hall–Kier alpha value is -1.59. The SMILES string of the molecule is COC(=O)CC[C@H](NC(C)=O)C(=O)OC. The number of ether oxygens (including phenoxy) is 2. The Morgan fingerprint density at radius 2 is 1.80 bits per heavy atom. The van der Waals surface area contributed by atoms with Gasteiger partial charge in [-0.25, -0.2) is 4.79 Å². The second-order valence-electron chi connectivity index (χ2n) is 2.89. The largest absolute Gasteiger partial charge is 0.469 e. The highest BCUT2D eigenvalue weighted by Crippen LogP contribution is 2.01. The van der Waals surface area contributed by atoms with Gasteiger partial charge in [-0.05, 0) is 6.42 Å². The molecule has 6 nitrogen and oxygen atoms in total. The standard InChI is InChI=1S/C9H15NO5/c1-6(11)10-7(9(13)15-3)4-5-8(12)14-2/h7H,4-5H2,1-3H3,(H,10,11)/t7-/m0/s1. The molecule has 0 saturated carbocycles. The summed E-state index contributed by atoms with van der Waals surface area (Å²) in [6.07, 6.45) is 0.218. The summed E-state index contributed by atoms with van der Waals surface area (Å²) in [7, 11) is 2.48. The molecule has 0 aliphatic rings. The summed E-state index contributed by atoms with van der Waals surface area (Å²) in [4.78, 5) is 32.7. The van der Waals surface area contributed by atoms with Crippen molar-refractivity contribution in [3.8, 4) is 0 Å². The molecule has 0 unspecified atom stereocenters. The van der Waals surface area contributed by atoms with Crippen LogP contribution in [0.1, 0.15) is 19.8 Å². The molecule has 0 radical (unpaired) electrons. The molecule has 1 atom stereocenters. The third-order valence-electron chi connectivity index (χ3n) is 1.73. The zero-order chi connectivity index (χ0) is 11.8. The van der Waals surface area contributed by atoms with Crippen LogP contribution in [0.25, 0.3) is 0 Å². The summed E-state index contributed by atoms with van der Waals surface area (Å²) >= 11 is 0. The van der Waals surface area contributed by atoms with E-state index in [0.717, 1.165) is 0 Å². The molecular weight excluding hydrogens is 202 g/mol. The van der Waals surface area contributed by atoms with Gasteiger partial charge in [0.2, 0.25) is 5.91 Å². The molecule has 0 heterocycles. The number of rotatable bonds is 5. The number of carbonyl (C=O) groups is 3. The van der Waals surface area contributed by atoms with Crippen molar-refractivity contribution >= 4 is 17.8 Å². The summed E-state index contributed by atoms with van der Waals surface area (Å²) in [6.45, 7) is 1.29. The van der Waals surface area contributed by atoms with Crippen LogP contribution in [0.4, 0.5) is 0 Å². The van der Waals surface area contributed by atoms with Crippen molar-refractivity contribution in [3.05, 3.63) is 0 Å². The van der Waals surface area contributed by atoms with Crippen molar-refractivity contribution in [2.75, 3.05) is 14.2 Å². The summed E-state index contributed by atoms with van der Waals surface area (Å²) in [5.74, 6) is -1.36. The molecule has 0 aromatic heterocycles. The molecule has 0 aliphatic heterocycles. The Balaban J connectivity index is 4.18. The van der Waals surface area contributed by atoms with E-state index < -0.39 is 18.0 Å². The van der Waals surface area contributed by atoms with Gasteiger partial charge in [-0.2, -0.15) is 0 Å². The van der Waals surface area contributed by atoms with E-state index in [9.17, 15) is 14.4 Å². The normalized spacial score (nSPS) is 11.4. The molecule has 0 rings (SSSR count). The van der Waals surface area contributed by atoms with Crippen molar-refractivity contribution in [1.82, 2.24) is 5.32 Å². The van der Waals surface area contributed by atoms with E-state index in [1.807, 2.05) is 0 Å². The highest BCUT2D eigenvalue weighted by molar-refractivity contribution is 5.83. The first kappa shape index (κ1) is 13.4. The topological polar surface area (TPSA) is 81.7 Å². The molecule has 86 valence electrons. The third kappa shape index (κ3) is 5.66. The maximum atomic E-state index is 11.2. The summed E-state index contributed by atoms with van der Waals surface area (Å²) in [5, 5.41) is 2.39. The number of carbonyl (C=O) groups excluding carboxylic acids is 3. The maximum absolute atomic E-state index is 11.2. The van der Waals surface area contributed by atoms with Crippen LogP contribution in [0.15, 0.2) is 0 Å². The van der Waals surface area contributed by atoms with Crippen LogP contribution in [-0.2, 0) is 23.9 Å². The van der Waals surface area contributed by atoms with Crippen LogP contribution in [0.5, 0.6) is 0 Å². The summed E-state index contributed by atoms with van der Waals surface area (Å²) in [6, 6.07) is -0.799. The zero-order valence-corrected chi connectivity index (χ0v) is 9.03. The molecule has 1 amide bonds. The van der Waals surface area contributed by atoms with Crippen LogP contribution >= 0.6 is 0 Å². The number of hydrogen-bond donors (Lipinski definition) is 1. The first-order valence-electron chi connectivity index (χ1n) is 4.43. The molecule has 6 heteroatoms. The second kappa shape index (κ2) is 6.80. The van der Waals surface area contributed by atoms with Crippen LogP contribution in [0, 0.1) is 0 Å². The Bertz CT molecular complexity index is 251. The molecule has 0 aromatic carbocycles. The van der Waals surface area contributed by atoms with Crippen molar-refractivity contribution in [2.45, 2.75) is 25.8 Å². The molecule has 15 heavy (non-hydrogen) atoms. The van der Waals surface area contributed by atoms with Crippen molar-refractivity contribution in [2.24, 2.45) is 0 Å². The predicted molar refractivity (Wildman–Crippen MR) is 50.9 cm³/mol. The lowest BCUT2D eigenvalue weighted by atomic mass is 10.1. The van der Waals surface area contributed by atoms with Crippen LogP contribution in [-0.4, -0.2) is 38.1 Å². The van der Waals surface area contributed by atoms with Crippen molar-refractivity contribution < 1.29 is 23.9 Å². The van der Waals surface area contributed by atoms with Gasteiger partial charge < -0.3 is 14.8 Å². The number of hydrogen-bond acceptors (Lipinski definition) is 5. The van der Waals surface area contributed by atoms with Gasteiger partial charge in [0, 0.05) is 13.3 Å². The van der Waals surface area contributed by atoms with Gasteiger partial charge in [0.25, 0.3) is 0 Å². The Morgan fingerprint density at radius 3 is 2.20 bits per heavy atom. The van der Waals surface area contributed by atoms with Gasteiger partial charge in [-0.15, -0.1) is 0 Å². The first-order chi connectivity index (χ1) is 7.01. The number of nitrogens with one attached hydrogen (secondary N) is 1. The molecule has 0 fully saturated rings. The van der Waals surface area contributed by atoms with E-state index in [1.165, 1.54) is 21.1 Å². The lowest BCUT2D eigenvalue weighted by Gasteiger charge is -2.14. The lowest BCUT2D eigenvalue weighted by Crippen LogP contribution is -2.40. The van der Waals surface area contributed by atoms with E-state index in [4.69, 9.17) is 0 Å². The zero-order valence-electron chi connectivity index (χ0n) is 9.03. The summed E-state index contributed by atoms with van der Waals surface area (Å²) in [5.41, 5.74) is 0. The second-order valence-corrected chi connectivity index (χ2v) is 2.89. The Morgan fingerprint density at radius 1 is 1.20 bits per heavy atom. The van der Waals surface area contributed by atoms with Gasteiger partial charge in [0.1, 0.15) is 6.04 Å². The van der Waals surface area contributed by atoms with Gasteiger partial charge in [0.05, 0.1) is 14.2 Å². The van der Waals surface area contributed by atoms with Crippen LogP contribution < -0.4 is 5.32 Å². The molecular formula is C9H15NO5. The smallest absolute Gasteiger partial charge is 0.328 e. The first-order valence-corrected chi connectivity index (χ1v) is 4.43. The third-order valence-corrected chi connectivity index (χ3v) is 1.73. The fourth-order valence-corrected chi connectivity index (χ4v) is 1.00. The van der Waals surface area contributed by atoms with E-state index in [0.29, 0.717) is 0 Å². The molecule has 0 aliphatic carbocycles. The fraction of sp³-hybridized carbons (Fsp3) is 0.667. The predicted octanol–water partition coefficient (Wildman–Crippen LogP) is -0.383. The molecule has 1 N–H and O–H groups in total. The molecule has 0 saturated heterocycles.